The molecule has 1 saturated heterocycles. The summed E-state index contributed by atoms with van der Waals surface area (Å²) in [5, 5.41) is 9.10. The van der Waals surface area contributed by atoms with Crippen molar-refractivity contribution in [3.05, 3.63) is 65.2 Å². The third kappa shape index (κ3) is 4.28. The normalized spacial score (nSPS) is 15.5. The number of hydrogen-bond donors (Lipinski definition) is 0. The Morgan fingerprint density at radius 2 is 1.76 bits per heavy atom. The van der Waals surface area contributed by atoms with Gasteiger partial charge in [0.2, 0.25) is 5.95 Å². The Balaban J connectivity index is 1.71. The zero-order chi connectivity index (χ0) is 20.4. The molecule has 0 spiro atoms. The van der Waals surface area contributed by atoms with Crippen LogP contribution in [-0.4, -0.2) is 41.1 Å². The van der Waals surface area contributed by atoms with E-state index in [2.05, 4.69) is 15.1 Å². The fraction of sp³-hybridized carbons (Fsp3) is 0.333. The molecule has 0 aliphatic carbocycles. The minimum atomic E-state index is -0.456. The third-order valence-corrected chi connectivity index (χ3v) is 5.96. The van der Waals surface area contributed by atoms with E-state index in [-0.39, 0.29) is 5.25 Å². The van der Waals surface area contributed by atoms with Gasteiger partial charge in [-0.25, -0.2) is 8.78 Å². The second kappa shape index (κ2) is 8.51. The number of halogens is 2. The molecule has 0 N–H and O–H groups in total. The topological polar surface area (TPSA) is 43.2 Å². The summed E-state index contributed by atoms with van der Waals surface area (Å²) in [6.07, 6.45) is 0. The summed E-state index contributed by atoms with van der Waals surface area (Å²) in [7, 11) is 0. The van der Waals surface area contributed by atoms with Gasteiger partial charge < -0.3 is 9.64 Å². The minimum absolute atomic E-state index is 0.307. The number of aryl methyl sites for hydroxylation is 1. The second-order valence-electron chi connectivity index (χ2n) is 6.98. The zero-order valence-electron chi connectivity index (χ0n) is 16.3. The third-order valence-electron chi connectivity index (χ3n) is 4.88. The summed E-state index contributed by atoms with van der Waals surface area (Å²) >= 11 is 1.35. The van der Waals surface area contributed by atoms with Crippen LogP contribution in [-0.2, 0) is 4.74 Å². The van der Waals surface area contributed by atoms with Crippen LogP contribution in [0.3, 0.4) is 0 Å². The van der Waals surface area contributed by atoms with Crippen molar-refractivity contribution in [2.24, 2.45) is 0 Å². The lowest BCUT2D eigenvalue weighted by Gasteiger charge is -2.28. The molecule has 5 nitrogen and oxygen atoms in total. The molecule has 0 bridgehead atoms. The fourth-order valence-electron chi connectivity index (χ4n) is 3.27. The van der Waals surface area contributed by atoms with E-state index in [9.17, 15) is 8.78 Å². The van der Waals surface area contributed by atoms with Crippen molar-refractivity contribution < 1.29 is 13.5 Å². The van der Waals surface area contributed by atoms with Crippen LogP contribution in [0.4, 0.5) is 14.7 Å². The van der Waals surface area contributed by atoms with Crippen LogP contribution >= 0.6 is 11.8 Å². The monoisotopic (exact) mass is 416 g/mol. The Bertz CT molecular complexity index is 987. The van der Waals surface area contributed by atoms with Crippen LogP contribution in [0.25, 0.3) is 5.69 Å². The molecule has 1 fully saturated rings. The quantitative estimate of drug-likeness (QED) is 0.571. The van der Waals surface area contributed by atoms with Crippen molar-refractivity contribution in [2.45, 2.75) is 24.3 Å². The highest BCUT2D eigenvalue weighted by Gasteiger charge is 2.24. The fourth-order valence-corrected chi connectivity index (χ4v) is 4.28. The Hall–Kier alpha value is -2.45. The van der Waals surface area contributed by atoms with Crippen molar-refractivity contribution in [1.82, 2.24) is 14.8 Å². The van der Waals surface area contributed by atoms with E-state index in [1.54, 1.807) is 0 Å². The zero-order valence-corrected chi connectivity index (χ0v) is 17.1. The smallest absolute Gasteiger partial charge is 0.232 e. The maximum atomic E-state index is 14.2. The van der Waals surface area contributed by atoms with Crippen molar-refractivity contribution in [3.63, 3.8) is 0 Å². The summed E-state index contributed by atoms with van der Waals surface area (Å²) in [4.78, 5) is 2.13. The maximum Gasteiger partial charge on any atom is 0.232 e. The molecule has 152 valence electrons. The SMILES string of the molecule is Cc1ccc(-n2c(SC(C)c3cc(F)ccc3F)nnc2N2CCOCC2)cc1. The van der Waals surface area contributed by atoms with Gasteiger partial charge in [0, 0.05) is 23.9 Å². The van der Waals surface area contributed by atoms with E-state index in [4.69, 9.17) is 4.74 Å². The number of aromatic nitrogens is 3. The molecule has 1 unspecified atom stereocenters. The lowest BCUT2D eigenvalue weighted by Crippen LogP contribution is -2.37. The molecule has 3 aromatic rings. The average molecular weight is 416 g/mol. The molecule has 2 aromatic carbocycles. The minimum Gasteiger partial charge on any atom is -0.378 e. The van der Waals surface area contributed by atoms with Gasteiger partial charge in [-0.2, -0.15) is 0 Å². The molecule has 1 atom stereocenters. The lowest BCUT2D eigenvalue weighted by atomic mass is 10.1. The van der Waals surface area contributed by atoms with Crippen LogP contribution < -0.4 is 4.90 Å². The molecule has 1 aliphatic rings. The summed E-state index contributed by atoms with van der Waals surface area (Å²) in [6.45, 7) is 6.59. The highest BCUT2D eigenvalue weighted by atomic mass is 32.2. The number of morpholine rings is 1. The number of benzene rings is 2. The summed E-state index contributed by atoms with van der Waals surface area (Å²) < 4.78 is 35.3. The van der Waals surface area contributed by atoms with E-state index in [0.29, 0.717) is 23.9 Å². The van der Waals surface area contributed by atoms with E-state index >= 15 is 0 Å². The lowest BCUT2D eigenvalue weighted by molar-refractivity contribution is 0.122. The second-order valence-corrected chi connectivity index (χ2v) is 8.29. The Morgan fingerprint density at radius 1 is 1.03 bits per heavy atom. The predicted octanol–water partition coefficient (Wildman–Crippen LogP) is 4.54. The van der Waals surface area contributed by atoms with Gasteiger partial charge >= 0.3 is 0 Å². The number of rotatable bonds is 5. The first-order valence-electron chi connectivity index (χ1n) is 9.49. The summed E-state index contributed by atoms with van der Waals surface area (Å²) in [6, 6.07) is 11.6. The van der Waals surface area contributed by atoms with E-state index in [1.165, 1.54) is 17.8 Å². The van der Waals surface area contributed by atoms with Crippen LogP contribution in [0.15, 0.2) is 47.6 Å². The van der Waals surface area contributed by atoms with E-state index < -0.39 is 11.6 Å². The molecular formula is C21H22F2N4OS. The summed E-state index contributed by atoms with van der Waals surface area (Å²) in [5.74, 6) is -0.157. The number of nitrogens with zero attached hydrogens (tertiary/aromatic N) is 4. The van der Waals surface area contributed by atoms with Crippen LogP contribution in [0.2, 0.25) is 0 Å². The first kappa shape index (κ1) is 19.8. The van der Waals surface area contributed by atoms with Gasteiger partial charge in [0.25, 0.3) is 0 Å². The first-order chi connectivity index (χ1) is 14.0. The molecule has 0 radical (unpaired) electrons. The number of anilines is 1. The molecule has 2 heterocycles. The van der Waals surface area contributed by atoms with Gasteiger partial charge in [0.05, 0.1) is 18.9 Å². The molecule has 4 rings (SSSR count). The van der Waals surface area contributed by atoms with Gasteiger partial charge in [-0.3, -0.25) is 4.57 Å². The Labute approximate surface area is 172 Å². The van der Waals surface area contributed by atoms with Gasteiger partial charge in [-0.15, -0.1) is 10.2 Å². The van der Waals surface area contributed by atoms with Crippen LogP contribution in [0.5, 0.6) is 0 Å². The molecule has 8 heteroatoms. The standard InChI is InChI=1S/C21H22F2N4OS/c1-14-3-6-17(7-4-14)27-20(26-9-11-28-12-10-26)24-25-21(27)29-15(2)18-13-16(22)5-8-19(18)23/h3-8,13,15H,9-12H2,1-2H3. The van der Waals surface area contributed by atoms with Crippen LogP contribution in [0.1, 0.15) is 23.3 Å². The highest BCUT2D eigenvalue weighted by Crippen LogP contribution is 2.38. The number of ether oxygens (including phenoxy) is 1. The van der Waals surface area contributed by atoms with Gasteiger partial charge in [-0.05, 0) is 44.2 Å². The molecule has 0 amide bonds. The van der Waals surface area contributed by atoms with Gasteiger partial charge in [0.15, 0.2) is 5.16 Å². The molecule has 1 aromatic heterocycles. The average Bonchev–Trinajstić information content (AvgIpc) is 3.14. The van der Waals surface area contributed by atoms with Gasteiger partial charge in [0.1, 0.15) is 11.6 Å². The Morgan fingerprint density at radius 3 is 2.48 bits per heavy atom. The first-order valence-corrected chi connectivity index (χ1v) is 10.4. The van der Waals surface area contributed by atoms with Crippen LogP contribution in [0, 0.1) is 18.6 Å². The van der Waals surface area contributed by atoms with Gasteiger partial charge in [-0.1, -0.05) is 29.5 Å². The van der Waals surface area contributed by atoms with E-state index in [0.717, 1.165) is 42.4 Å². The summed E-state index contributed by atoms with van der Waals surface area (Å²) in [5.41, 5.74) is 2.39. The molecule has 0 saturated carbocycles. The molecule has 29 heavy (non-hydrogen) atoms. The number of thioether (sulfide) groups is 1. The van der Waals surface area contributed by atoms with Crippen molar-refractivity contribution >= 4 is 17.7 Å². The predicted molar refractivity (Wildman–Crippen MR) is 110 cm³/mol. The highest BCUT2D eigenvalue weighted by molar-refractivity contribution is 7.99. The largest absolute Gasteiger partial charge is 0.378 e. The molecule has 1 aliphatic heterocycles. The van der Waals surface area contributed by atoms with Crippen molar-refractivity contribution in [2.75, 3.05) is 31.2 Å². The van der Waals surface area contributed by atoms with E-state index in [1.807, 2.05) is 42.7 Å². The van der Waals surface area contributed by atoms with Crippen molar-refractivity contribution in [3.8, 4) is 5.69 Å². The molecular weight excluding hydrogens is 394 g/mol. The van der Waals surface area contributed by atoms with Crippen molar-refractivity contribution in [1.29, 1.82) is 0 Å². The maximum absolute atomic E-state index is 14.2. The Kier molecular flexibility index (Phi) is 5.82. The number of hydrogen-bond acceptors (Lipinski definition) is 5.